The highest BCUT2D eigenvalue weighted by Crippen LogP contribution is 2.33. The summed E-state index contributed by atoms with van der Waals surface area (Å²) < 4.78 is 37.1. The molecule has 1 aliphatic carbocycles. The first-order valence-corrected chi connectivity index (χ1v) is 13.4. The molecule has 39 heavy (non-hydrogen) atoms. The summed E-state index contributed by atoms with van der Waals surface area (Å²) >= 11 is 6.21. The maximum atomic E-state index is 12.9. The van der Waals surface area contributed by atoms with Gasteiger partial charge in [-0.05, 0) is 60.9 Å². The van der Waals surface area contributed by atoms with Crippen LogP contribution in [0.25, 0.3) is 0 Å². The lowest BCUT2D eigenvalue weighted by Crippen LogP contribution is -2.47. The van der Waals surface area contributed by atoms with Crippen molar-refractivity contribution in [1.29, 1.82) is 0 Å². The third-order valence-electron chi connectivity index (χ3n) is 7.12. The van der Waals surface area contributed by atoms with Crippen LogP contribution in [0.2, 0.25) is 5.02 Å². The van der Waals surface area contributed by atoms with Gasteiger partial charge in [0.25, 0.3) is 0 Å². The Labute approximate surface area is 231 Å². The summed E-state index contributed by atoms with van der Waals surface area (Å²) in [6, 6.07) is 12.8. The molecule has 11 heteroatoms. The Morgan fingerprint density at radius 3 is 2.41 bits per heavy atom. The number of nitrogens with zero attached hydrogens (tertiary/aromatic N) is 2. The van der Waals surface area contributed by atoms with Crippen LogP contribution in [0, 0.1) is 0 Å². The number of methoxy groups -OCH3 is 1. The van der Waals surface area contributed by atoms with Crippen molar-refractivity contribution in [1.82, 2.24) is 4.90 Å². The first-order chi connectivity index (χ1) is 18.4. The molecule has 1 fully saturated rings. The normalized spacial score (nSPS) is 18.0. The van der Waals surface area contributed by atoms with Gasteiger partial charge in [0.15, 0.2) is 0 Å². The first-order valence-electron chi connectivity index (χ1n) is 13.0. The average molecular weight is 570 g/mol. The molecule has 0 spiro atoms. The Hall–Kier alpha value is -2.82. The summed E-state index contributed by atoms with van der Waals surface area (Å²) in [5.74, 6) is -2.02. The van der Waals surface area contributed by atoms with Gasteiger partial charge < -0.3 is 20.5 Å². The van der Waals surface area contributed by atoms with E-state index in [1.165, 1.54) is 23.1 Å². The molecule has 214 valence electrons. The van der Waals surface area contributed by atoms with E-state index in [9.17, 15) is 18.0 Å². The zero-order valence-electron chi connectivity index (χ0n) is 22.1. The fraction of sp³-hybridized carbons (Fsp3) is 0.500. The zero-order chi connectivity index (χ0) is 28.7. The number of amides is 1. The number of anilines is 1. The number of ether oxygens (including phenoxy) is 1. The van der Waals surface area contributed by atoms with Crippen LogP contribution in [-0.4, -0.2) is 54.3 Å². The predicted molar refractivity (Wildman–Crippen MR) is 144 cm³/mol. The van der Waals surface area contributed by atoms with Crippen molar-refractivity contribution in [2.45, 2.75) is 70.3 Å². The van der Waals surface area contributed by atoms with Crippen LogP contribution in [-0.2, 0) is 22.6 Å². The van der Waals surface area contributed by atoms with E-state index < -0.39 is 12.1 Å². The third kappa shape index (κ3) is 8.09. The van der Waals surface area contributed by atoms with E-state index in [-0.39, 0.29) is 18.0 Å². The third-order valence-corrected chi connectivity index (χ3v) is 7.44. The number of piperidine rings is 1. The standard InChI is InChI=1S/C26H34ClN3O2.C2HF3O2/c1-3-26(31)30(21-8-10-23(27)25(16-21)32-2)20-11-13-29(14-12-20)17-18-7-9-22-19(15-18)5-4-6-24(22)28;3-2(4,5)1(6)7/h7-10,15-16,20,24H,3-6,11-14,17,28H2,1-2H3;(H,6,7)/t24-;/m1./s1. The number of carbonyl (C=O) groups is 2. The molecule has 0 radical (unpaired) electrons. The van der Waals surface area contributed by atoms with Gasteiger partial charge in [-0.15, -0.1) is 0 Å². The van der Waals surface area contributed by atoms with Crippen LogP contribution >= 0.6 is 11.6 Å². The SMILES string of the molecule is CCC(=O)N(c1ccc(Cl)c(OC)c1)C1CCN(Cc2ccc3c(c2)CCC[C@H]3N)CC1.O=C(O)C(F)(F)F. The molecule has 1 atom stereocenters. The number of alkyl halides is 3. The number of carboxylic acid groups (broad SMARTS) is 1. The number of hydrogen-bond acceptors (Lipinski definition) is 5. The lowest BCUT2D eigenvalue weighted by molar-refractivity contribution is -0.192. The monoisotopic (exact) mass is 569 g/mol. The number of aliphatic carboxylic acids is 1. The van der Waals surface area contributed by atoms with E-state index in [1.807, 2.05) is 30.0 Å². The van der Waals surface area contributed by atoms with Gasteiger partial charge in [0.1, 0.15) is 5.75 Å². The number of carbonyl (C=O) groups excluding carboxylic acids is 1. The second-order valence-electron chi connectivity index (χ2n) is 9.78. The summed E-state index contributed by atoms with van der Waals surface area (Å²) in [5, 5.41) is 7.68. The van der Waals surface area contributed by atoms with Gasteiger partial charge in [-0.1, -0.05) is 36.7 Å². The second kappa shape index (κ2) is 13.5. The largest absolute Gasteiger partial charge is 0.495 e. The molecule has 0 aromatic heterocycles. The molecule has 1 saturated heterocycles. The van der Waals surface area contributed by atoms with Crippen molar-refractivity contribution >= 4 is 29.2 Å². The van der Waals surface area contributed by atoms with Gasteiger partial charge >= 0.3 is 12.1 Å². The van der Waals surface area contributed by atoms with E-state index >= 15 is 0 Å². The molecule has 0 unspecified atom stereocenters. The molecule has 1 aliphatic heterocycles. The molecule has 2 aromatic rings. The van der Waals surface area contributed by atoms with Gasteiger partial charge in [0, 0.05) is 49.9 Å². The number of aryl methyl sites for hydroxylation is 1. The van der Waals surface area contributed by atoms with Gasteiger partial charge in [-0.25, -0.2) is 4.79 Å². The Morgan fingerprint density at radius 1 is 1.15 bits per heavy atom. The lowest BCUT2D eigenvalue weighted by atomic mass is 9.87. The first kappa shape index (κ1) is 30.7. The minimum atomic E-state index is -5.08. The maximum Gasteiger partial charge on any atom is 0.490 e. The fourth-order valence-electron chi connectivity index (χ4n) is 5.12. The van der Waals surface area contributed by atoms with Gasteiger partial charge in [-0.2, -0.15) is 13.2 Å². The van der Waals surface area contributed by atoms with Crippen LogP contribution in [0.5, 0.6) is 5.75 Å². The van der Waals surface area contributed by atoms with Gasteiger partial charge in [0.05, 0.1) is 12.1 Å². The number of benzene rings is 2. The minimum absolute atomic E-state index is 0.138. The quantitative estimate of drug-likeness (QED) is 0.461. The molecular formula is C28H35ClF3N3O4. The molecule has 7 nitrogen and oxygen atoms in total. The van der Waals surface area contributed by atoms with E-state index in [2.05, 4.69) is 23.1 Å². The smallest absolute Gasteiger partial charge is 0.490 e. The predicted octanol–water partition coefficient (Wildman–Crippen LogP) is 5.73. The van der Waals surface area contributed by atoms with Crippen molar-refractivity contribution in [2.24, 2.45) is 5.73 Å². The number of carboxylic acids is 1. The summed E-state index contributed by atoms with van der Waals surface area (Å²) in [5.41, 5.74) is 11.3. The Kier molecular flexibility index (Phi) is 10.6. The molecule has 0 saturated carbocycles. The number of fused-ring (bicyclic) bond motifs is 1. The van der Waals surface area contributed by atoms with E-state index in [0.717, 1.165) is 51.0 Å². The van der Waals surface area contributed by atoms with E-state index in [0.29, 0.717) is 17.2 Å². The van der Waals surface area contributed by atoms with Crippen molar-refractivity contribution in [3.8, 4) is 5.75 Å². The van der Waals surface area contributed by atoms with Gasteiger partial charge in [0.2, 0.25) is 5.91 Å². The molecule has 2 aromatic carbocycles. The number of hydrogen-bond donors (Lipinski definition) is 2. The van der Waals surface area contributed by atoms with Crippen molar-refractivity contribution in [3.05, 3.63) is 58.1 Å². The topological polar surface area (TPSA) is 96.1 Å². The van der Waals surface area contributed by atoms with Crippen LogP contribution in [0.3, 0.4) is 0 Å². The number of likely N-dealkylation sites (tertiary alicyclic amines) is 1. The molecule has 2 aliphatic rings. The Bertz CT molecular complexity index is 1150. The Balaban J connectivity index is 0.000000532. The average Bonchev–Trinajstić information content (AvgIpc) is 2.90. The second-order valence-corrected chi connectivity index (χ2v) is 10.2. The van der Waals surface area contributed by atoms with Gasteiger partial charge in [-0.3, -0.25) is 9.69 Å². The number of nitrogens with two attached hydrogens (primary N) is 1. The highest BCUT2D eigenvalue weighted by Gasteiger charge is 2.38. The van der Waals surface area contributed by atoms with E-state index in [4.69, 9.17) is 32.0 Å². The van der Waals surface area contributed by atoms with Crippen LogP contribution in [0.4, 0.5) is 18.9 Å². The molecule has 4 rings (SSSR count). The van der Waals surface area contributed by atoms with Crippen molar-refractivity contribution in [2.75, 3.05) is 25.1 Å². The highest BCUT2D eigenvalue weighted by atomic mass is 35.5. The number of halogens is 4. The molecule has 1 heterocycles. The summed E-state index contributed by atoms with van der Waals surface area (Å²) in [6.07, 6.45) is 0.700. The van der Waals surface area contributed by atoms with Crippen LogP contribution < -0.4 is 15.4 Å². The summed E-state index contributed by atoms with van der Waals surface area (Å²) in [7, 11) is 1.60. The van der Waals surface area contributed by atoms with Crippen molar-refractivity contribution in [3.63, 3.8) is 0 Å². The zero-order valence-corrected chi connectivity index (χ0v) is 22.9. The Morgan fingerprint density at radius 2 is 1.82 bits per heavy atom. The molecule has 3 N–H and O–H groups in total. The molecule has 0 bridgehead atoms. The van der Waals surface area contributed by atoms with Crippen LogP contribution in [0.15, 0.2) is 36.4 Å². The fourth-order valence-corrected chi connectivity index (χ4v) is 5.32. The van der Waals surface area contributed by atoms with Crippen molar-refractivity contribution < 1.29 is 32.6 Å². The lowest BCUT2D eigenvalue weighted by Gasteiger charge is -2.39. The highest BCUT2D eigenvalue weighted by molar-refractivity contribution is 6.32. The maximum absolute atomic E-state index is 12.9. The van der Waals surface area contributed by atoms with Crippen LogP contribution in [0.1, 0.15) is 61.8 Å². The molecule has 1 amide bonds. The minimum Gasteiger partial charge on any atom is -0.495 e. The summed E-state index contributed by atoms with van der Waals surface area (Å²) in [4.78, 5) is 26.2. The summed E-state index contributed by atoms with van der Waals surface area (Å²) in [6.45, 7) is 4.81. The number of rotatable bonds is 6. The molecular weight excluding hydrogens is 535 g/mol. The van der Waals surface area contributed by atoms with E-state index in [1.54, 1.807) is 7.11 Å².